The zero-order chi connectivity index (χ0) is 19.3. The van der Waals surface area contributed by atoms with Gasteiger partial charge in [0.25, 0.3) is 0 Å². The van der Waals surface area contributed by atoms with E-state index in [1.54, 1.807) is 0 Å². The zero-order valence-corrected chi connectivity index (χ0v) is 17.9. The summed E-state index contributed by atoms with van der Waals surface area (Å²) in [5, 5.41) is 21.6. The third kappa shape index (κ3) is 4.31. The van der Waals surface area contributed by atoms with Gasteiger partial charge in [0.05, 0.1) is 11.2 Å². The van der Waals surface area contributed by atoms with Crippen LogP contribution < -0.4 is 0 Å². The summed E-state index contributed by atoms with van der Waals surface area (Å²) in [5.41, 5.74) is -0.414. The van der Waals surface area contributed by atoms with Crippen molar-refractivity contribution < 1.29 is 14.9 Å². The average molecular weight is 367 g/mol. The highest BCUT2D eigenvalue weighted by molar-refractivity contribution is 5.06. The second kappa shape index (κ2) is 7.04. The molecule has 3 rings (SSSR count). The maximum atomic E-state index is 10.8. The van der Waals surface area contributed by atoms with E-state index >= 15 is 0 Å². The van der Waals surface area contributed by atoms with Crippen molar-refractivity contribution in [3.63, 3.8) is 0 Å². The lowest BCUT2D eigenvalue weighted by atomic mass is 9.50. The van der Waals surface area contributed by atoms with Crippen LogP contribution in [-0.4, -0.2) is 27.7 Å². The van der Waals surface area contributed by atoms with Crippen LogP contribution in [0.5, 0.6) is 0 Å². The lowest BCUT2D eigenvalue weighted by Gasteiger charge is -2.59. The summed E-state index contributed by atoms with van der Waals surface area (Å²) in [6, 6.07) is 0. The van der Waals surface area contributed by atoms with Crippen LogP contribution in [0.3, 0.4) is 0 Å². The summed E-state index contributed by atoms with van der Waals surface area (Å²) in [5.74, 6) is 2.72. The molecule has 3 saturated carbocycles. The molecule has 8 unspecified atom stereocenters. The molecule has 3 aliphatic carbocycles. The fourth-order valence-corrected chi connectivity index (χ4v) is 6.79. The van der Waals surface area contributed by atoms with E-state index in [-0.39, 0.29) is 16.9 Å². The number of hydrogen-bond donors (Lipinski definition) is 2. The van der Waals surface area contributed by atoms with E-state index in [2.05, 4.69) is 34.6 Å². The molecule has 0 saturated heterocycles. The molecule has 0 amide bonds. The molecule has 0 aliphatic heterocycles. The molecule has 3 heteroatoms. The molecule has 0 aromatic carbocycles. The Kier molecular flexibility index (Phi) is 5.58. The summed E-state index contributed by atoms with van der Waals surface area (Å²) in [7, 11) is 0. The van der Waals surface area contributed by atoms with Crippen LogP contribution in [0, 0.1) is 35.0 Å². The minimum absolute atomic E-state index is 0.132. The molecular formula is C23H42O3. The molecule has 3 aliphatic rings. The summed E-state index contributed by atoms with van der Waals surface area (Å²) < 4.78 is 6.50. The number of ether oxygens (including phenoxy) is 1. The SMILES string of the molecule is CCC1CC2(OC(O)C(C)CC(C)(C)C)CCC3CC(C)(O)CC1C3C2. The Hall–Kier alpha value is -0.120. The van der Waals surface area contributed by atoms with Gasteiger partial charge in [0.1, 0.15) is 0 Å². The first-order chi connectivity index (χ1) is 11.9. The molecule has 152 valence electrons. The third-order valence-corrected chi connectivity index (χ3v) is 7.67. The molecule has 0 spiro atoms. The minimum Gasteiger partial charge on any atom is -0.390 e. The second-order valence-corrected chi connectivity index (χ2v) is 11.5. The zero-order valence-electron chi connectivity index (χ0n) is 17.9. The Morgan fingerprint density at radius 2 is 1.81 bits per heavy atom. The summed E-state index contributed by atoms with van der Waals surface area (Å²) in [6.45, 7) is 13.1. The molecule has 0 radical (unpaired) electrons. The quantitative estimate of drug-likeness (QED) is 0.662. The van der Waals surface area contributed by atoms with Crippen molar-refractivity contribution in [3.05, 3.63) is 0 Å². The van der Waals surface area contributed by atoms with Gasteiger partial charge in [0, 0.05) is 5.92 Å². The van der Waals surface area contributed by atoms with E-state index in [0.29, 0.717) is 23.7 Å². The van der Waals surface area contributed by atoms with Crippen molar-refractivity contribution in [2.75, 3.05) is 0 Å². The predicted octanol–water partition coefficient (Wildman–Crippen LogP) is 5.14. The van der Waals surface area contributed by atoms with Crippen LogP contribution in [0.1, 0.15) is 92.9 Å². The van der Waals surface area contributed by atoms with Gasteiger partial charge < -0.3 is 14.9 Å². The minimum atomic E-state index is -0.661. The Bertz CT molecular complexity index is 490. The highest BCUT2D eigenvalue weighted by Gasteiger charge is 2.56. The van der Waals surface area contributed by atoms with Gasteiger partial charge in [-0.05, 0) is 81.0 Å². The molecule has 0 aromatic rings. The van der Waals surface area contributed by atoms with Gasteiger partial charge in [-0.25, -0.2) is 0 Å². The molecule has 8 atom stereocenters. The summed E-state index contributed by atoms with van der Waals surface area (Å²) >= 11 is 0. The average Bonchev–Trinajstić information content (AvgIpc) is 2.50. The lowest BCUT2D eigenvalue weighted by molar-refractivity contribution is -0.260. The maximum absolute atomic E-state index is 10.8. The smallest absolute Gasteiger partial charge is 0.157 e. The molecular weight excluding hydrogens is 324 g/mol. The van der Waals surface area contributed by atoms with E-state index < -0.39 is 11.9 Å². The first-order valence-electron chi connectivity index (χ1n) is 11.0. The second-order valence-electron chi connectivity index (χ2n) is 11.5. The predicted molar refractivity (Wildman–Crippen MR) is 106 cm³/mol. The van der Waals surface area contributed by atoms with E-state index in [0.717, 1.165) is 51.4 Å². The number of rotatable bonds is 5. The number of aliphatic hydroxyl groups excluding tert-OH is 1. The van der Waals surface area contributed by atoms with Gasteiger partial charge in [0.15, 0.2) is 6.29 Å². The molecule has 3 fully saturated rings. The van der Waals surface area contributed by atoms with Gasteiger partial charge in [0.2, 0.25) is 0 Å². The Balaban J connectivity index is 1.73. The van der Waals surface area contributed by atoms with Crippen molar-refractivity contribution in [1.82, 2.24) is 0 Å². The standard InChI is InChI=1S/C23H42O3/c1-7-16-12-23(26-20(24)15(2)10-21(3,4)5)9-8-17-11-22(6,25)13-18(16)19(17)14-23/h15-20,24-25H,7-14H2,1-6H3. The van der Waals surface area contributed by atoms with Crippen LogP contribution in [-0.2, 0) is 4.74 Å². The van der Waals surface area contributed by atoms with Crippen LogP contribution in [0.2, 0.25) is 0 Å². The van der Waals surface area contributed by atoms with Gasteiger partial charge in [-0.15, -0.1) is 0 Å². The first-order valence-corrected chi connectivity index (χ1v) is 11.0. The molecule has 26 heavy (non-hydrogen) atoms. The molecule has 2 bridgehead atoms. The van der Waals surface area contributed by atoms with Gasteiger partial charge in [-0.1, -0.05) is 41.0 Å². The molecule has 3 nitrogen and oxygen atoms in total. The highest BCUT2D eigenvalue weighted by Crippen LogP contribution is 2.59. The van der Waals surface area contributed by atoms with Crippen molar-refractivity contribution in [1.29, 1.82) is 0 Å². The van der Waals surface area contributed by atoms with Gasteiger partial charge in [-0.3, -0.25) is 0 Å². The Morgan fingerprint density at radius 1 is 1.12 bits per heavy atom. The van der Waals surface area contributed by atoms with Crippen molar-refractivity contribution >= 4 is 0 Å². The topological polar surface area (TPSA) is 49.7 Å². The van der Waals surface area contributed by atoms with E-state index in [1.807, 2.05) is 6.92 Å². The molecule has 2 N–H and O–H groups in total. The first kappa shape index (κ1) is 20.6. The van der Waals surface area contributed by atoms with Crippen LogP contribution in [0.15, 0.2) is 0 Å². The van der Waals surface area contributed by atoms with Crippen LogP contribution in [0.4, 0.5) is 0 Å². The van der Waals surface area contributed by atoms with Gasteiger partial charge >= 0.3 is 0 Å². The number of fused-ring (bicyclic) bond motifs is 1. The third-order valence-electron chi connectivity index (χ3n) is 7.67. The number of aliphatic hydroxyl groups is 2. The molecule has 0 aromatic heterocycles. The van der Waals surface area contributed by atoms with E-state index in [1.165, 1.54) is 0 Å². The molecule has 0 heterocycles. The van der Waals surface area contributed by atoms with Crippen molar-refractivity contribution in [2.24, 2.45) is 35.0 Å². The lowest BCUT2D eigenvalue weighted by Crippen LogP contribution is -2.57. The number of hydrogen-bond acceptors (Lipinski definition) is 3. The van der Waals surface area contributed by atoms with Crippen molar-refractivity contribution in [2.45, 2.75) is 110 Å². The normalized spacial score (nSPS) is 45.2. The maximum Gasteiger partial charge on any atom is 0.157 e. The summed E-state index contributed by atoms with van der Waals surface area (Å²) in [6.07, 6.45) is 7.71. The Morgan fingerprint density at radius 3 is 2.42 bits per heavy atom. The van der Waals surface area contributed by atoms with Crippen LogP contribution in [0.25, 0.3) is 0 Å². The highest BCUT2D eigenvalue weighted by atomic mass is 16.6. The Labute approximate surface area is 160 Å². The van der Waals surface area contributed by atoms with E-state index in [4.69, 9.17) is 4.74 Å². The van der Waals surface area contributed by atoms with E-state index in [9.17, 15) is 10.2 Å². The fourth-order valence-electron chi connectivity index (χ4n) is 6.79. The van der Waals surface area contributed by atoms with Crippen molar-refractivity contribution in [3.8, 4) is 0 Å². The van der Waals surface area contributed by atoms with Crippen LogP contribution >= 0.6 is 0 Å². The summed E-state index contributed by atoms with van der Waals surface area (Å²) in [4.78, 5) is 0. The largest absolute Gasteiger partial charge is 0.390 e. The fraction of sp³-hybridized carbons (Fsp3) is 1.00. The monoisotopic (exact) mass is 366 g/mol. The van der Waals surface area contributed by atoms with Gasteiger partial charge in [-0.2, -0.15) is 0 Å².